The van der Waals surface area contributed by atoms with Gasteiger partial charge in [-0.15, -0.1) is 0 Å². The van der Waals surface area contributed by atoms with Gasteiger partial charge in [-0.05, 0) is 62.0 Å². The van der Waals surface area contributed by atoms with E-state index in [9.17, 15) is 5.11 Å². The number of hydrogen-bond donors (Lipinski definition) is 1. The predicted octanol–water partition coefficient (Wildman–Crippen LogP) is 3.55. The van der Waals surface area contributed by atoms with Crippen LogP contribution in [0.3, 0.4) is 0 Å². The molecule has 2 saturated carbocycles. The Balaban J connectivity index is 1.84. The number of phenolic OH excluding ortho intramolecular Hbond substituents is 1. The zero-order valence-corrected chi connectivity index (χ0v) is 11.2. The molecule has 2 nitrogen and oxygen atoms in total. The summed E-state index contributed by atoms with van der Waals surface area (Å²) in [5.41, 5.74) is 3.15. The highest BCUT2D eigenvalue weighted by Crippen LogP contribution is 2.65. The molecule has 4 unspecified atom stereocenters. The molecule has 0 aromatic heterocycles. The molecule has 1 heterocycles. The van der Waals surface area contributed by atoms with Gasteiger partial charge in [0.25, 0.3) is 0 Å². The fraction of sp³-hybridized carbons (Fsp3) is 0.647. The molecule has 4 aliphatic rings. The van der Waals surface area contributed by atoms with E-state index < -0.39 is 0 Å². The summed E-state index contributed by atoms with van der Waals surface area (Å²) in [5.74, 6) is 2.89. The van der Waals surface area contributed by atoms with E-state index >= 15 is 0 Å². The molecule has 0 saturated heterocycles. The van der Waals surface area contributed by atoms with Gasteiger partial charge in [-0.25, -0.2) is 0 Å². The Kier molecular flexibility index (Phi) is 1.83. The summed E-state index contributed by atoms with van der Waals surface area (Å²) in [4.78, 5) is 0. The van der Waals surface area contributed by atoms with E-state index in [-0.39, 0.29) is 5.41 Å². The van der Waals surface area contributed by atoms with Crippen LogP contribution in [0, 0.1) is 11.8 Å². The first-order chi connectivity index (χ1) is 9.30. The molecule has 0 radical (unpaired) electrons. The van der Waals surface area contributed by atoms with E-state index in [1.165, 1.54) is 56.1 Å². The van der Waals surface area contributed by atoms with Crippen molar-refractivity contribution in [3.05, 3.63) is 23.3 Å². The van der Waals surface area contributed by atoms with Crippen molar-refractivity contribution in [2.75, 3.05) is 0 Å². The van der Waals surface area contributed by atoms with Crippen molar-refractivity contribution in [3.8, 4) is 11.5 Å². The Labute approximate surface area is 113 Å². The second kappa shape index (κ2) is 3.28. The molecule has 4 atom stereocenters. The van der Waals surface area contributed by atoms with Crippen LogP contribution in [-0.2, 0) is 11.8 Å². The molecule has 1 aliphatic heterocycles. The van der Waals surface area contributed by atoms with Crippen LogP contribution in [0.25, 0.3) is 0 Å². The minimum absolute atomic E-state index is 0.267. The average molecular weight is 256 g/mol. The van der Waals surface area contributed by atoms with E-state index in [1.54, 1.807) is 0 Å². The first-order valence-electron chi connectivity index (χ1n) is 7.82. The lowest BCUT2D eigenvalue weighted by molar-refractivity contribution is -0.0142. The third-order valence-corrected chi connectivity index (χ3v) is 6.38. The van der Waals surface area contributed by atoms with Crippen molar-refractivity contribution in [1.29, 1.82) is 0 Å². The largest absolute Gasteiger partial charge is 0.504 e. The van der Waals surface area contributed by atoms with Crippen molar-refractivity contribution < 1.29 is 9.84 Å². The summed E-state index contributed by atoms with van der Waals surface area (Å²) in [6, 6.07) is 4.00. The number of benzene rings is 1. The summed E-state index contributed by atoms with van der Waals surface area (Å²) < 4.78 is 6.26. The van der Waals surface area contributed by atoms with Crippen LogP contribution < -0.4 is 4.74 Å². The molecule has 5 rings (SSSR count). The van der Waals surface area contributed by atoms with Crippen LogP contribution >= 0.6 is 0 Å². The lowest BCUT2D eigenvalue weighted by Gasteiger charge is -2.54. The quantitative estimate of drug-likeness (QED) is 0.769. The van der Waals surface area contributed by atoms with Crippen LogP contribution in [-0.4, -0.2) is 11.2 Å². The molecule has 2 bridgehead atoms. The second-order valence-corrected chi connectivity index (χ2v) is 6.99. The maximum atomic E-state index is 10.2. The zero-order chi connectivity index (χ0) is 12.6. The summed E-state index contributed by atoms with van der Waals surface area (Å²) in [5, 5.41) is 10.2. The van der Waals surface area contributed by atoms with E-state index in [1.807, 2.05) is 6.07 Å². The van der Waals surface area contributed by atoms with Crippen LogP contribution in [0.5, 0.6) is 11.5 Å². The van der Waals surface area contributed by atoms with Gasteiger partial charge in [0.2, 0.25) is 0 Å². The van der Waals surface area contributed by atoms with Gasteiger partial charge in [0.1, 0.15) is 6.10 Å². The van der Waals surface area contributed by atoms with Crippen molar-refractivity contribution in [1.82, 2.24) is 0 Å². The molecule has 1 spiro atoms. The van der Waals surface area contributed by atoms with E-state index in [4.69, 9.17) is 4.74 Å². The van der Waals surface area contributed by atoms with Gasteiger partial charge in [0, 0.05) is 11.0 Å². The van der Waals surface area contributed by atoms with Crippen LogP contribution in [0.4, 0.5) is 0 Å². The molecule has 3 aliphatic carbocycles. The van der Waals surface area contributed by atoms with Gasteiger partial charge in [0.05, 0.1) is 0 Å². The van der Waals surface area contributed by atoms with Crippen molar-refractivity contribution in [2.45, 2.75) is 56.5 Å². The first kappa shape index (κ1) is 10.6. The smallest absolute Gasteiger partial charge is 0.165 e. The lowest BCUT2D eigenvalue weighted by atomic mass is 9.48. The fourth-order valence-electron chi connectivity index (χ4n) is 5.85. The summed E-state index contributed by atoms with van der Waals surface area (Å²) in [6.07, 6.45) is 9.43. The molecule has 1 N–H and O–H groups in total. The van der Waals surface area contributed by atoms with E-state index in [0.717, 1.165) is 17.6 Å². The standard InChI is InChI=1S/C17H20O2/c18-13-7-6-11-9-10-3-2-8-17-12(10)4-1-5-14(17)19-16(13)15(11)17/h6-7,10,12,14,18H,1-5,8-9H2. The maximum absolute atomic E-state index is 10.2. The SMILES string of the molecule is Oc1ccc2c3c1OC1CCCC4C(CCCC314)C2. The van der Waals surface area contributed by atoms with Gasteiger partial charge in [-0.1, -0.05) is 12.5 Å². The lowest BCUT2D eigenvalue weighted by Crippen LogP contribution is -2.55. The summed E-state index contributed by atoms with van der Waals surface area (Å²) in [7, 11) is 0. The topological polar surface area (TPSA) is 29.5 Å². The van der Waals surface area contributed by atoms with Gasteiger partial charge >= 0.3 is 0 Å². The number of rotatable bonds is 0. The minimum atomic E-state index is 0.267. The van der Waals surface area contributed by atoms with E-state index in [2.05, 4.69) is 6.07 Å². The predicted molar refractivity (Wildman–Crippen MR) is 72.6 cm³/mol. The molecule has 1 aromatic carbocycles. The molecular formula is C17H20O2. The molecule has 0 amide bonds. The second-order valence-electron chi connectivity index (χ2n) is 6.99. The third kappa shape index (κ3) is 1.07. The van der Waals surface area contributed by atoms with Crippen molar-refractivity contribution in [2.24, 2.45) is 11.8 Å². The molecule has 2 fully saturated rings. The normalized spacial score (nSPS) is 41.6. The van der Waals surface area contributed by atoms with Crippen LogP contribution in [0.15, 0.2) is 12.1 Å². The van der Waals surface area contributed by atoms with Gasteiger partial charge in [-0.2, -0.15) is 0 Å². The van der Waals surface area contributed by atoms with Gasteiger partial charge in [0.15, 0.2) is 11.5 Å². The molecule has 19 heavy (non-hydrogen) atoms. The summed E-state index contributed by atoms with van der Waals surface area (Å²) in [6.45, 7) is 0. The molecular weight excluding hydrogens is 236 g/mol. The molecule has 100 valence electrons. The Hall–Kier alpha value is -1.18. The Morgan fingerprint density at radius 2 is 2.11 bits per heavy atom. The zero-order valence-electron chi connectivity index (χ0n) is 11.2. The van der Waals surface area contributed by atoms with Crippen LogP contribution in [0.2, 0.25) is 0 Å². The average Bonchev–Trinajstić information content (AvgIpc) is 2.74. The maximum Gasteiger partial charge on any atom is 0.165 e. The summed E-state index contributed by atoms with van der Waals surface area (Å²) >= 11 is 0. The highest BCUT2D eigenvalue weighted by Gasteiger charge is 2.61. The Morgan fingerprint density at radius 1 is 1.16 bits per heavy atom. The highest BCUT2D eigenvalue weighted by atomic mass is 16.5. The number of phenols is 1. The van der Waals surface area contributed by atoms with Gasteiger partial charge < -0.3 is 9.84 Å². The van der Waals surface area contributed by atoms with E-state index in [0.29, 0.717) is 11.9 Å². The van der Waals surface area contributed by atoms with Crippen molar-refractivity contribution >= 4 is 0 Å². The Morgan fingerprint density at radius 3 is 3.05 bits per heavy atom. The number of aromatic hydroxyl groups is 1. The first-order valence-corrected chi connectivity index (χ1v) is 7.82. The highest BCUT2D eigenvalue weighted by molar-refractivity contribution is 5.59. The number of ether oxygens (including phenoxy) is 1. The molecule has 1 aromatic rings. The Bertz CT molecular complexity index is 565. The fourth-order valence-corrected chi connectivity index (χ4v) is 5.85. The van der Waals surface area contributed by atoms with Gasteiger partial charge in [-0.3, -0.25) is 0 Å². The molecule has 2 heteroatoms. The monoisotopic (exact) mass is 256 g/mol. The number of hydrogen-bond acceptors (Lipinski definition) is 2. The van der Waals surface area contributed by atoms with Crippen molar-refractivity contribution in [3.63, 3.8) is 0 Å². The minimum Gasteiger partial charge on any atom is -0.504 e. The van der Waals surface area contributed by atoms with Crippen LogP contribution in [0.1, 0.15) is 49.7 Å². The third-order valence-electron chi connectivity index (χ3n) is 6.38.